The van der Waals surface area contributed by atoms with Gasteiger partial charge in [-0.25, -0.2) is 0 Å². The molecule has 0 aliphatic heterocycles. The van der Waals surface area contributed by atoms with E-state index in [4.69, 9.17) is 0 Å². The number of benzene rings is 1. The van der Waals surface area contributed by atoms with Crippen molar-refractivity contribution in [2.24, 2.45) is 0 Å². The summed E-state index contributed by atoms with van der Waals surface area (Å²) in [6.45, 7) is 15.7. The lowest BCUT2D eigenvalue weighted by Crippen LogP contribution is -2.11. The SMILES string of the molecule is C=CCCCC=C.CCC.CCC#Cc1ccc(C(C)NC)cc1. The summed E-state index contributed by atoms with van der Waals surface area (Å²) >= 11 is 0. The van der Waals surface area contributed by atoms with Gasteiger partial charge < -0.3 is 5.32 Å². The molecule has 1 N–H and O–H groups in total. The predicted octanol–water partition coefficient (Wildman–Crippen LogP) is 6.67. The Balaban J connectivity index is 0. The molecule has 0 radical (unpaired) electrons. The van der Waals surface area contributed by atoms with Gasteiger partial charge in [0.15, 0.2) is 0 Å². The molecule has 1 aromatic rings. The van der Waals surface area contributed by atoms with Crippen LogP contribution in [0.25, 0.3) is 0 Å². The van der Waals surface area contributed by atoms with Crippen molar-refractivity contribution < 1.29 is 0 Å². The molecule has 0 saturated carbocycles. The monoisotopic (exact) mass is 327 g/mol. The first kappa shape index (κ1) is 24.5. The second kappa shape index (κ2) is 19.3. The van der Waals surface area contributed by atoms with Crippen LogP contribution in [-0.4, -0.2) is 7.05 Å². The topological polar surface area (TPSA) is 12.0 Å². The Bertz CT molecular complexity index is 451. The van der Waals surface area contributed by atoms with Gasteiger partial charge in [-0.2, -0.15) is 0 Å². The smallest absolute Gasteiger partial charge is 0.0289 e. The molecule has 0 aliphatic rings. The van der Waals surface area contributed by atoms with Gasteiger partial charge in [0.1, 0.15) is 0 Å². The first-order valence-electron chi connectivity index (χ1n) is 9.08. The third kappa shape index (κ3) is 15.1. The van der Waals surface area contributed by atoms with Gasteiger partial charge in [-0.1, -0.05) is 63.3 Å². The molecular formula is C23H37N. The molecule has 0 heterocycles. The fraction of sp³-hybridized carbons (Fsp3) is 0.478. The lowest BCUT2D eigenvalue weighted by molar-refractivity contribution is 0.652. The van der Waals surface area contributed by atoms with Crippen LogP contribution >= 0.6 is 0 Å². The van der Waals surface area contributed by atoms with Crippen LogP contribution in [0, 0.1) is 11.8 Å². The second-order valence-electron chi connectivity index (χ2n) is 5.50. The van der Waals surface area contributed by atoms with Crippen LogP contribution in [0.2, 0.25) is 0 Å². The van der Waals surface area contributed by atoms with E-state index in [0.29, 0.717) is 6.04 Å². The van der Waals surface area contributed by atoms with Crippen molar-refractivity contribution in [1.82, 2.24) is 5.32 Å². The van der Waals surface area contributed by atoms with Crippen molar-refractivity contribution in [3.63, 3.8) is 0 Å². The maximum Gasteiger partial charge on any atom is 0.0289 e. The van der Waals surface area contributed by atoms with Crippen LogP contribution in [0.3, 0.4) is 0 Å². The van der Waals surface area contributed by atoms with Crippen molar-refractivity contribution in [3.05, 3.63) is 60.7 Å². The summed E-state index contributed by atoms with van der Waals surface area (Å²) < 4.78 is 0. The fourth-order valence-corrected chi connectivity index (χ4v) is 1.62. The van der Waals surface area contributed by atoms with E-state index in [1.54, 1.807) is 0 Å². The van der Waals surface area contributed by atoms with Crippen molar-refractivity contribution in [1.29, 1.82) is 0 Å². The van der Waals surface area contributed by atoms with E-state index in [0.717, 1.165) is 24.8 Å². The van der Waals surface area contributed by atoms with Gasteiger partial charge in [0.25, 0.3) is 0 Å². The van der Waals surface area contributed by atoms with Crippen LogP contribution in [0.4, 0.5) is 0 Å². The summed E-state index contributed by atoms with van der Waals surface area (Å²) in [7, 11) is 1.97. The largest absolute Gasteiger partial charge is 0.313 e. The molecular weight excluding hydrogens is 290 g/mol. The normalized spacial score (nSPS) is 9.88. The van der Waals surface area contributed by atoms with Gasteiger partial charge in [-0.05, 0) is 50.9 Å². The first-order valence-corrected chi connectivity index (χ1v) is 9.08. The molecule has 1 heteroatoms. The molecule has 0 aromatic heterocycles. The number of nitrogens with one attached hydrogen (secondary N) is 1. The third-order valence-electron chi connectivity index (χ3n) is 3.07. The van der Waals surface area contributed by atoms with Crippen molar-refractivity contribution >= 4 is 0 Å². The summed E-state index contributed by atoms with van der Waals surface area (Å²) in [6.07, 6.45) is 9.46. The predicted molar refractivity (Wildman–Crippen MR) is 111 cm³/mol. The van der Waals surface area contributed by atoms with E-state index in [2.05, 4.69) is 82.3 Å². The Morgan fingerprint density at radius 3 is 1.92 bits per heavy atom. The maximum atomic E-state index is 3.60. The van der Waals surface area contributed by atoms with E-state index < -0.39 is 0 Å². The van der Waals surface area contributed by atoms with Gasteiger partial charge in [0.05, 0.1) is 0 Å². The molecule has 1 atom stereocenters. The Kier molecular flexibility index (Phi) is 19.6. The summed E-state index contributed by atoms with van der Waals surface area (Å²) in [5.41, 5.74) is 2.40. The minimum atomic E-state index is 0.406. The van der Waals surface area contributed by atoms with Gasteiger partial charge in [0, 0.05) is 18.0 Å². The maximum absolute atomic E-state index is 3.60. The zero-order chi connectivity index (χ0) is 18.6. The zero-order valence-corrected chi connectivity index (χ0v) is 16.5. The molecule has 1 unspecified atom stereocenters. The lowest BCUT2D eigenvalue weighted by atomic mass is 10.1. The standard InChI is InChI=1S/C13H17N.C7H12.C3H8/c1-4-5-6-12-7-9-13(10-8-12)11(2)14-3;1-3-5-7-6-4-2;1-3-2/h7-11,14H,4H2,1-3H3;3-4H,1-2,5-7H2;3H2,1-2H3. The fourth-order valence-electron chi connectivity index (χ4n) is 1.62. The van der Waals surface area contributed by atoms with E-state index >= 15 is 0 Å². The zero-order valence-electron chi connectivity index (χ0n) is 16.5. The van der Waals surface area contributed by atoms with E-state index in [-0.39, 0.29) is 0 Å². The third-order valence-corrected chi connectivity index (χ3v) is 3.07. The van der Waals surface area contributed by atoms with Crippen molar-refractivity contribution in [2.45, 2.75) is 65.8 Å². The van der Waals surface area contributed by atoms with Crippen LogP contribution in [-0.2, 0) is 0 Å². The molecule has 24 heavy (non-hydrogen) atoms. The molecule has 134 valence electrons. The van der Waals surface area contributed by atoms with Crippen LogP contribution < -0.4 is 5.32 Å². The molecule has 0 bridgehead atoms. The molecule has 1 aromatic carbocycles. The molecule has 0 amide bonds. The highest BCUT2D eigenvalue weighted by atomic mass is 14.8. The van der Waals surface area contributed by atoms with E-state index in [9.17, 15) is 0 Å². The number of hydrogen-bond donors (Lipinski definition) is 1. The number of hydrogen-bond acceptors (Lipinski definition) is 1. The Labute approximate surface area is 151 Å². The van der Waals surface area contributed by atoms with E-state index in [1.807, 2.05) is 19.2 Å². The lowest BCUT2D eigenvalue weighted by Gasteiger charge is -2.09. The Morgan fingerprint density at radius 2 is 1.54 bits per heavy atom. The summed E-state index contributed by atoms with van der Waals surface area (Å²) in [5, 5.41) is 3.21. The second-order valence-corrected chi connectivity index (χ2v) is 5.50. The van der Waals surface area contributed by atoms with Gasteiger partial charge in [0.2, 0.25) is 0 Å². The van der Waals surface area contributed by atoms with Crippen LogP contribution in [0.5, 0.6) is 0 Å². The molecule has 0 saturated heterocycles. The minimum Gasteiger partial charge on any atom is -0.313 e. The highest BCUT2D eigenvalue weighted by Crippen LogP contribution is 2.11. The number of allylic oxidation sites excluding steroid dienone is 2. The highest BCUT2D eigenvalue weighted by Gasteiger charge is 2.00. The van der Waals surface area contributed by atoms with Crippen molar-refractivity contribution in [3.8, 4) is 11.8 Å². The minimum absolute atomic E-state index is 0.406. The van der Waals surface area contributed by atoms with Gasteiger partial charge >= 0.3 is 0 Å². The average Bonchev–Trinajstić information content (AvgIpc) is 2.61. The van der Waals surface area contributed by atoms with Gasteiger partial charge in [-0.15, -0.1) is 13.2 Å². The molecule has 0 spiro atoms. The van der Waals surface area contributed by atoms with Gasteiger partial charge in [-0.3, -0.25) is 0 Å². The molecule has 0 aliphatic carbocycles. The number of unbranched alkanes of at least 4 members (excludes halogenated alkanes) is 2. The highest BCUT2D eigenvalue weighted by molar-refractivity contribution is 5.36. The van der Waals surface area contributed by atoms with E-state index in [1.165, 1.54) is 18.4 Å². The van der Waals surface area contributed by atoms with Crippen LogP contribution in [0.1, 0.15) is 77.0 Å². The molecule has 1 rings (SSSR count). The quantitative estimate of drug-likeness (QED) is 0.349. The van der Waals surface area contributed by atoms with Crippen LogP contribution in [0.15, 0.2) is 49.6 Å². The van der Waals surface area contributed by atoms with Crippen molar-refractivity contribution in [2.75, 3.05) is 7.05 Å². The number of rotatable bonds is 6. The Hall–Kier alpha value is -1.78. The summed E-state index contributed by atoms with van der Waals surface area (Å²) in [4.78, 5) is 0. The average molecular weight is 328 g/mol. The summed E-state index contributed by atoms with van der Waals surface area (Å²) in [5.74, 6) is 6.17. The molecule has 0 fully saturated rings. The first-order chi connectivity index (χ1) is 11.6. The molecule has 1 nitrogen and oxygen atoms in total. The summed E-state index contributed by atoms with van der Waals surface area (Å²) in [6, 6.07) is 8.81. The Morgan fingerprint density at radius 1 is 1.04 bits per heavy atom.